The predicted molar refractivity (Wildman–Crippen MR) is 190 cm³/mol. The molecule has 0 heterocycles. The normalized spacial score (nSPS) is 13.4. The fourth-order valence-electron chi connectivity index (χ4n) is 6.13. The Labute approximate surface area is 279 Å². The molecule has 0 spiro atoms. The second kappa shape index (κ2) is 34.2. The summed E-state index contributed by atoms with van der Waals surface area (Å²) in [7, 11) is 0. The van der Waals surface area contributed by atoms with Crippen LogP contribution in [0.5, 0.6) is 0 Å². The maximum atomic E-state index is 13.0. The zero-order valence-corrected chi connectivity index (χ0v) is 30.3. The van der Waals surface area contributed by atoms with Gasteiger partial charge in [0.15, 0.2) is 0 Å². The number of carbonyl (C=O) groups is 2. The highest BCUT2D eigenvalue weighted by atomic mass is 16.5. The van der Waals surface area contributed by atoms with Crippen LogP contribution in [0.3, 0.4) is 0 Å². The average molecular weight is 640 g/mol. The number of amides is 1. The minimum absolute atomic E-state index is 0.0842. The van der Waals surface area contributed by atoms with Crippen LogP contribution in [0, 0.1) is 0 Å². The van der Waals surface area contributed by atoms with E-state index in [0.29, 0.717) is 19.3 Å². The van der Waals surface area contributed by atoms with Gasteiger partial charge in [-0.2, -0.15) is 0 Å². The first-order valence-electron chi connectivity index (χ1n) is 19.8. The van der Waals surface area contributed by atoms with E-state index in [4.69, 9.17) is 4.74 Å². The van der Waals surface area contributed by atoms with Crippen LogP contribution in [0.1, 0.15) is 213 Å². The maximum Gasteiger partial charge on any atom is 0.306 e. The van der Waals surface area contributed by atoms with Gasteiger partial charge in [-0.25, -0.2) is 0 Å². The Bertz CT molecular complexity index is 643. The van der Waals surface area contributed by atoms with Crippen LogP contribution in [0.4, 0.5) is 0 Å². The van der Waals surface area contributed by atoms with Crippen LogP contribution in [0.15, 0.2) is 0 Å². The zero-order chi connectivity index (χ0) is 33.2. The van der Waals surface area contributed by atoms with E-state index >= 15 is 0 Å². The lowest BCUT2D eigenvalue weighted by atomic mass is 10.0. The fraction of sp³-hybridized carbons (Fsp3) is 0.949. The van der Waals surface area contributed by atoms with Gasteiger partial charge < -0.3 is 20.3 Å². The van der Waals surface area contributed by atoms with Crippen LogP contribution >= 0.6 is 0 Å². The van der Waals surface area contributed by atoms with Gasteiger partial charge in [0.05, 0.1) is 25.2 Å². The van der Waals surface area contributed by atoms with E-state index in [-0.39, 0.29) is 24.9 Å². The van der Waals surface area contributed by atoms with E-state index in [1.54, 1.807) is 0 Å². The number of ether oxygens (including phenoxy) is 1. The summed E-state index contributed by atoms with van der Waals surface area (Å²) in [5.41, 5.74) is 0. The predicted octanol–water partition coefficient (Wildman–Crippen LogP) is 10.5. The molecular weight excluding hydrogens is 562 g/mol. The first kappa shape index (κ1) is 43.9. The fourth-order valence-corrected chi connectivity index (χ4v) is 6.13. The molecule has 0 aromatic heterocycles. The van der Waals surface area contributed by atoms with Gasteiger partial charge in [-0.15, -0.1) is 0 Å². The number of aliphatic hydroxyl groups is 2. The van der Waals surface area contributed by atoms with E-state index in [9.17, 15) is 19.8 Å². The summed E-state index contributed by atoms with van der Waals surface area (Å²) < 4.78 is 5.83. The molecule has 3 unspecified atom stereocenters. The van der Waals surface area contributed by atoms with Crippen molar-refractivity contribution < 1.29 is 24.5 Å². The molecule has 3 N–H and O–H groups in total. The second-order valence-corrected chi connectivity index (χ2v) is 13.7. The highest BCUT2D eigenvalue weighted by Crippen LogP contribution is 2.17. The molecule has 0 aliphatic heterocycles. The van der Waals surface area contributed by atoms with Crippen molar-refractivity contribution in [3.8, 4) is 0 Å². The van der Waals surface area contributed by atoms with Crippen molar-refractivity contribution in [3.05, 3.63) is 0 Å². The highest BCUT2D eigenvalue weighted by molar-refractivity contribution is 5.77. The number of rotatable bonds is 35. The third-order valence-corrected chi connectivity index (χ3v) is 9.19. The van der Waals surface area contributed by atoms with Crippen molar-refractivity contribution >= 4 is 11.9 Å². The summed E-state index contributed by atoms with van der Waals surface area (Å²) in [6.07, 6.45) is 31.7. The molecule has 0 radical (unpaired) electrons. The summed E-state index contributed by atoms with van der Waals surface area (Å²) >= 11 is 0. The quantitative estimate of drug-likeness (QED) is 0.0474. The molecule has 6 nitrogen and oxygen atoms in total. The summed E-state index contributed by atoms with van der Waals surface area (Å²) in [5.74, 6) is -0.473. The highest BCUT2D eigenvalue weighted by Gasteiger charge is 2.24. The van der Waals surface area contributed by atoms with Crippen molar-refractivity contribution in [2.45, 2.75) is 232 Å². The lowest BCUT2D eigenvalue weighted by Gasteiger charge is -2.24. The number of aliphatic hydroxyl groups excluding tert-OH is 2. The van der Waals surface area contributed by atoms with E-state index in [2.05, 4.69) is 26.1 Å². The summed E-state index contributed by atoms with van der Waals surface area (Å²) in [5, 5.41) is 23.4. The Morgan fingerprint density at radius 2 is 0.933 bits per heavy atom. The van der Waals surface area contributed by atoms with Crippen LogP contribution in [-0.2, 0) is 14.3 Å². The Morgan fingerprint density at radius 3 is 1.36 bits per heavy atom. The largest absolute Gasteiger partial charge is 0.462 e. The van der Waals surface area contributed by atoms with Crippen molar-refractivity contribution in [1.82, 2.24) is 5.32 Å². The number of esters is 1. The van der Waals surface area contributed by atoms with Gasteiger partial charge in [-0.1, -0.05) is 175 Å². The van der Waals surface area contributed by atoms with Gasteiger partial charge in [0.1, 0.15) is 6.10 Å². The molecule has 0 aromatic rings. The molecule has 0 saturated carbocycles. The third-order valence-electron chi connectivity index (χ3n) is 9.19. The smallest absolute Gasteiger partial charge is 0.306 e. The molecular formula is C39H77NO5. The van der Waals surface area contributed by atoms with Gasteiger partial charge in [0, 0.05) is 6.42 Å². The molecule has 45 heavy (non-hydrogen) atoms. The van der Waals surface area contributed by atoms with E-state index in [1.807, 2.05) is 0 Å². The molecule has 3 atom stereocenters. The van der Waals surface area contributed by atoms with Crippen LogP contribution in [0.2, 0.25) is 0 Å². The Hall–Kier alpha value is -1.14. The molecule has 0 fully saturated rings. The van der Waals surface area contributed by atoms with Crippen LogP contribution in [-0.4, -0.2) is 46.9 Å². The summed E-state index contributed by atoms with van der Waals surface area (Å²) in [6, 6.07) is -0.687. The standard InChI is InChI=1S/C39H77NO5/c1-4-7-10-13-16-18-20-23-26-29-32-39(44)45-35(30-27-24-21-15-12-9-6-3)33-38(43)40-36(34-41)37(42)31-28-25-22-19-17-14-11-8-5-2/h35-37,41-42H,4-34H2,1-3H3,(H,40,43). The Kier molecular flexibility index (Phi) is 33.3. The van der Waals surface area contributed by atoms with E-state index in [0.717, 1.165) is 44.9 Å². The topological polar surface area (TPSA) is 95.9 Å². The number of nitrogens with one attached hydrogen (secondary N) is 1. The molecule has 1 amide bonds. The number of hydrogen-bond donors (Lipinski definition) is 3. The van der Waals surface area contributed by atoms with Crippen molar-refractivity contribution in [2.24, 2.45) is 0 Å². The van der Waals surface area contributed by atoms with Crippen LogP contribution in [0.25, 0.3) is 0 Å². The number of hydrogen-bond acceptors (Lipinski definition) is 5. The van der Waals surface area contributed by atoms with Gasteiger partial charge in [-0.3, -0.25) is 9.59 Å². The molecule has 6 heteroatoms. The molecule has 0 bridgehead atoms. The molecule has 0 aliphatic rings. The molecule has 0 saturated heterocycles. The Balaban J connectivity index is 4.51. The van der Waals surface area contributed by atoms with Crippen molar-refractivity contribution in [2.75, 3.05) is 6.61 Å². The number of carbonyl (C=O) groups excluding carboxylic acids is 2. The monoisotopic (exact) mass is 640 g/mol. The zero-order valence-electron chi connectivity index (χ0n) is 30.3. The van der Waals surface area contributed by atoms with Gasteiger partial charge >= 0.3 is 5.97 Å². The first-order chi connectivity index (χ1) is 22.0. The first-order valence-corrected chi connectivity index (χ1v) is 19.8. The minimum Gasteiger partial charge on any atom is -0.462 e. The SMILES string of the molecule is CCCCCCCCCCCCC(=O)OC(CCCCCCCCC)CC(=O)NC(CO)C(O)CCCCCCCCCCC. The van der Waals surface area contributed by atoms with E-state index < -0.39 is 18.2 Å². The molecule has 268 valence electrons. The third kappa shape index (κ3) is 30.0. The molecule has 0 rings (SSSR count). The maximum absolute atomic E-state index is 13.0. The number of unbranched alkanes of at least 4 members (excludes halogenated alkanes) is 23. The Morgan fingerprint density at radius 1 is 0.556 bits per heavy atom. The second-order valence-electron chi connectivity index (χ2n) is 13.7. The molecule has 0 aromatic carbocycles. The van der Waals surface area contributed by atoms with Crippen molar-refractivity contribution in [3.63, 3.8) is 0 Å². The average Bonchev–Trinajstić information content (AvgIpc) is 3.03. The molecule has 0 aliphatic carbocycles. The van der Waals surface area contributed by atoms with Crippen molar-refractivity contribution in [1.29, 1.82) is 0 Å². The lowest BCUT2D eigenvalue weighted by molar-refractivity contribution is -0.151. The van der Waals surface area contributed by atoms with Crippen LogP contribution < -0.4 is 5.32 Å². The van der Waals surface area contributed by atoms with Gasteiger partial charge in [0.2, 0.25) is 5.91 Å². The van der Waals surface area contributed by atoms with E-state index in [1.165, 1.54) is 122 Å². The summed E-state index contributed by atoms with van der Waals surface area (Å²) in [6.45, 7) is 6.40. The lowest BCUT2D eigenvalue weighted by Crippen LogP contribution is -2.46. The summed E-state index contributed by atoms with van der Waals surface area (Å²) in [4.78, 5) is 25.6. The minimum atomic E-state index is -0.774. The van der Waals surface area contributed by atoms with Gasteiger partial charge in [-0.05, 0) is 25.7 Å². The van der Waals surface area contributed by atoms with Gasteiger partial charge in [0.25, 0.3) is 0 Å².